The number of aromatic amines is 3. The molecule has 25 heavy (non-hydrogen) atoms. The van der Waals surface area contributed by atoms with Gasteiger partial charge >= 0.3 is 26.3 Å². The lowest BCUT2D eigenvalue weighted by molar-refractivity contribution is 0.0645. The average Bonchev–Trinajstić information content (AvgIpc) is 3.38. The molecule has 3 heterocycles. The zero-order valence-corrected chi connectivity index (χ0v) is 13.2. The maximum Gasteiger partial charge on any atom is 0.380 e. The lowest BCUT2D eigenvalue weighted by Crippen LogP contribution is -2.35. The Morgan fingerprint density at radius 1 is 0.880 bits per heavy atom. The Hall–Kier alpha value is -3.37. The van der Waals surface area contributed by atoms with Crippen molar-refractivity contribution in [3.8, 4) is 0 Å². The second-order valence-corrected chi connectivity index (χ2v) is 5.45. The van der Waals surface area contributed by atoms with Gasteiger partial charge in [0, 0.05) is 37.2 Å². The summed E-state index contributed by atoms with van der Waals surface area (Å²) in [6, 6.07) is 0. The Balaban J connectivity index is 1.86. The van der Waals surface area contributed by atoms with Crippen LogP contribution < -0.4 is 0 Å². The fourth-order valence-electron chi connectivity index (χ4n) is 1.75. The van der Waals surface area contributed by atoms with Crippen LogP contribution in [-0.4, -0.2) is 57.3 Å². The summed E-state index contributed by atoms with van der Waals surface area (Å²) in [5.74, 6) is -3.67. The Bertz CT molecular complexity index is 816. The molecule has 0 aromatic carbocycles. The van der Waals surface area contributed by atoms with Crippen LogP contribution in [0.1, 0.15) is 31.9 Å². The van der Waals surface area contributed by atoms with Crippen LogP contribution >= 0.6 is 8.53 Å². The molecule has 3 aromatic heterocycles. The van der Waals surface area contributed by atoms with E-state index in [0.29, 0.717) is 4.67 Å². The van der Waals surface area contributed by atoms with Gasteiger partial charge in [0.2, 0.25) is 5.82 Å². The number of imidazole rings is 3. The monoisotopic (exact) mass is 363 g/mol. The van der Waals surface area contributed by atoms with Crippen molar-refractivity contribution in [1.82, 2.24) is 34.6 Å². The summed E-state index contributed by atoms with van der Waals surface area (Å²) in [4.78, 5) is 65.6. The maximum absolute atomic E-state index is 12.5. The topological polar surface area (TPSA) is 170 Å². The van der Waals surface area contributed by atoms with E-state index < -0.39 is 26.3 Å². The van der Waals surface area contributed by atoms with Crippen molar-refractivity contribution < 1.29 is 23.8 Å². The number of nitrogens with one attached hydrogen (secondary N) is 3. The smallest absolute Gasteiger partial charge is 0.380 e. The Morgan fingerprint density at radius 2 is 1.32 bits per heavy atom. The fraction of sp³-hybridized carbons (Fsp3) is 0. The van der Waals surface area contributed by atoms with Gasteiger partial charge in [-0.2, -0.15) is 4.67 Å². The lowest BCUT2D eigenvalue weighted by atomic mass is 10.5. The van der Waals surface area contributed by atoms with Crippen LogP contribution in [0.25, 0.3) is 0 Å². The predicted octanol–water partition coefficient (Wildman–Crippen LogP) is 0.215. The molecule has 1 unspecified atom stereocenters. The van der Waals surface area contributed by atoms with Gasteiger partial charge in [-0.25, -0.2) is 19.7 Å². The zero-order valence-electron chi connectivity index (χ0n) is 12.3. The van der Waals surface area contributed by atoms with E-state index in [2.05, 4.69) is 29.9 Å². The second kappa shape index (κ2) is 7.03. The Labute approximate surface area is 140 Å². The molecular weight excluding hydrogens is 353 g/mol. The third kappa shape index (κ3) is 3.44. The number of carbonyl (C=O) groups is 3. The van der Waals surface area contributed by atoms with E-state index >= 15 is 0 Å². The van der Waals surface area contributed by atoms with Gasteiger partial charge in [-0.1, -0.05) is 0 Å². The highest BCUT2D eigenvalue weighted by atomic mass is 31.2. The average molecular weight is 363 g/mol. The molecule has 0 aliphatic rings. The van der Waals surface area contributed by atoms with E-state index in [1.807, 2.05) is 0 Å². The van der Waals surface area contributed by atoms with Gasteiger partial charge in [0.05, 0.1) is 0 Å². The number of hydrogen-bond donors (Lipinski definition) is 4. The molecule has 0 bridgehead atoms. The summed E-state index contributed by atoms with van der Waals surface area (Å²) in [6.45, 7) is 0. The van der Waals surface area contributed by atoms with Gasteiger partial charge < -0.3 is 24.4 Å². The van der Waals surface area contributed by atoms with Crippen LogP contribution in [0, 0.1) is 0 Å². The lowest BCUT2D eigenvalue weighted by Gasteiger charge is -2.21. The molecule has 12 nitrogen and oxygen atoms in total. The number of amides is 2. The number of carbonyl (C=O) groups excluding carboxylic acids is 3. The Morgan fingerprint density at radius 3 is 1.72 bits per heavy atom. The number of imide groups is 1. The van der Waals surface area contributed by atoms with Crippen LogP contribution in [0.15, 0.2) is 37.2 Å². The third-order valence-corrected chi connectivity index (χ3v) is 3.85. The second-order valence-electron chi connectivity index (χ2n) is 4.37. The normalized spacial score (nSPS) is 11.7. The van der Waals surface area contributed by atoms with E-state index in [4.69, 9.17) is 4.52 Å². The van der Waals surface area contributed by atoms with Crippen LogP contribution in [0.4, 0.5) is 0 Å². The van der Waals surface area contributed by atoms with Crippen molar-refractivity contribution in [3.05, 3.63) is 54.7 Å². The number of H-pyrrole nitrogens is 3. The van der Waals surface area contributed by atoms with E-state index in [1.54, 1.807) is 0 Å². The van der Waals surface area contributed by atoms with Crippen LogP contribution in [-0.2, 0) is 4.52 Å². The van der Waals surface area contributed by atoms with Crippen molar-refractivity contribution >= 4 is 26.3 Å². The summed E-state index contributed by atoms with van der Waals surface area (Å²) in [5, 5.41) is 0. The first kappa shape index (κ1) is 16.5. The van der Waals surface area contributed by atoms with Crippen LogP contribution in [0.3, 0.4) is 0 Å². The van der Waals surface area contributed by atoms with Crippen molar-refractivity contribution in [1.29, 1.82) is 0 Å². The van der Waals surface area contributed by atoms with Gasteiger partial charge in [-0.05, 0) is 0 Å². The van der Waals surface area contributed by atoms with E-state index in [0.717, 1.165) is 0 Å². The highest BCUT2D eigenvalue weighted by Gasteiger charge is 2.37. The molecular formula is C12H10N7O5P. The van der Waals surface area contributed by atoms with Gasteiger partial charge in [-0.3, -0.25) is 9.59 Å². The van der Waals surface area contributed by atoms with Crippen molar-refractivity contribution in [2.75, 3.05) is 0 Å². The Kier molecular flexibility index (Phi) is 4.64. The molecule has 0 saturated heterocycles. The number of nitrogens with zero attached hydrogens (tertiary/aromatic N) is 4. The predicted molar refractivity (Wildman–Crippen MR) is 80.8 cm³/mol. The summed E-state index contributed by atoms with van der Waals surface area (Å²) in [5.41, 5.74) is 0. The molecule has 0 fully saturated rings. The largest absolute Gasteiger partial charge is 0.393 e. The first-order chi connectivity index (χ1) is 12.1. The quantitative estimate of drug-likeness (QED) is 0.368. The number of rotatable bonds is 5. The van der Waals surface area contributed by atoms with Crippen molar-refractivity contribution in [3.63, 3.8) is 0 Å². The van der Waals surface area contributed by atoms with Crippen molar-refractivity contribution in [2.45, 2.75) is 0 Å². The molecule has 0 aliphatic carbocycles. The minimum Gasteiger partial charge on any atom is -0.393 e. The molecule has 0 radical (unpaired) electrons. The standard InChI is InChI=1S/C12H10N7O5P/c20-10(7-13-1-2-14-7)19(11(21)8-15-3-4-16-8)25(23)24-12(22)9-17-5-6-18-9/h1-6,23H,(H,13,14)(H,15,16)(H,17,18). The van der Waals surface area contributed by atoms with Gasteiger partial charge in [0.1, 0.15) is 0 Å². The van der Waals surface area contributed by atoms with Gasteiger partial charge in [-0.15, -0.1) is 0 Å². The van der Waals surface area contributed by atoms with Crippen LogP contribution in [0.2, 0.25) is 0 Å². The SMILES string of the molecule is O=C(OP(O)N(C(=O)c1ncc[nH]1)C(=O)c1ncc[nH]1)c1ncc[nH]1. The molecule has 1 atom stereocenters. The van der Waals surface area contributed by atoms with Crippen LogP contribution in [0.5, 0.6) is 0 Å². The molecule has 128 valence electrons. The molecule has 13 heteroatoms. The van der Waals surface area contributed by atoms with E-state index in [1.165, 1.54) is 37.2 Å². The molecule has 4 N–H and O–H groups in total. The summed E-state index contributed by atoms with van der Waals surface area (Å²) in [7, 11) is -2.97. The molecule has 2 amide bonds. The van der Waals surface area contributed by atoms with E-state index in [9.17, 15) is 19.3 Å². The molecule has 0 spiro atoms. The summed E-state index contributed by atoms with van der Waals surface area (Å²) in [6.07, 6.45) is 7.97. The molecule has 3 aromatic rings. The molecule has 0 aliphatic heterocycles. The first-order valence-corrected chi connectivity index (χ1v) is 7.82. The maximum atomic E-state index is 12.5. The fourth-order valence-corrected chi connectivity index (χ4v) is 2.56. The highest BCUT2D eigenvalue weighted by molar-refractivity contribution is 7.46. The highest BCUT2D eigenvalue weighted by Crippen LogP contribution is 2.39. The van der Waals surface area contributed by atoms with Gasteiger partial charge in [0.25, 0.3) is 0 Å². The van der Waals surface area contributed by atoms with Gasteiger partial charge in [0.15, 0.2) is 11.6 Å². The van der Waals surface area contributed by atoms with E-state index in [-0.39, 0.29) is 17.5 Å². The number of hydrogen-bond acceptors (Lipinski definition) is 8. The molecule has 0 saturated carbocycles. The first-order valence-electron chi connectivity index (χ1n) is 6.66. The third-order valence-electron chi connectivity index (χ3n) is 2.81. The molecule has 3 rings (SSSR count). The minimum atomic E-state index is -2.97. The van der Waals surface area contributed by atoms with Crippen molar-refractivity contribution in [2.24, 2.45) is 0 Å². The summed E-state index contributed by atoms with van der Waals surface area (Å²) >= 11 is 0. The summed E-state index contributed by atoms with van der Waals surface area (Å²) < 4.78 is 5.14. The zero-order chi connectivity index (χ0) is 17.8. The minimum absolute atomic E-state index is 0.197. The number of aromatic nitrogens is 6.